The van der Waals surface area contributed by atoms with E-state index in [1.807, 2.05) is 10.9 Å². The van der Waals surface area contributed by atoms with Gasteiger partial charge < -0.3 is 10.2 Å². The Hall–Kier alpha value is -0.870. The van der Waals surface area contributed by atoms with E-state index in [0.717, 1.165) is 26.2 Å². The smallest absolute Gasteiger partial charge is 0.0534 e. The number of hydrogen-bond donors (Lipinski definition) is 1. The molecule has 0 unspecified atom stereocenters. The average molecular weight is 224 g/mol. The van der Waals surface area contributed by atoms with Gasteiger partial charge in [-0.15, -0.1) is 0 Å². The summed E-state index contributed by atoms with van der Waals surface area (Å²) in [6.45, 7) is 8.40. The first-order valence-electron chi connectivity index (χ1n) is 5.94. The van der Waals surface area contributed by atoms with Gasteiger partial charge >= 0.3 is 0 Å². The second kappa shape index (κ2) is 6.66. The Morgan fingerprint density at radius 2 is 2.19 bits per heavy atom. The molecule has 1 rings (SSSR count). The second-order valence-corrected chi connectivity index (χ2v) is 4.94. The molecule has 0 radical (unpaired) electrons. The van der Waals surface area contributed by atoms with Crippen molar-refractivity contribution in [3.63, 3.8) is 0 Å². The second-order valence-electron chi connectivity index (χ2n) is 4.94. The number of nitrogens with one attached hydrogen (secondary N) is 1. The first kappa shape index (κ1) is 13.2. The molecule has 0 atom stereocenters. The van der Waals surface area contributed by atoms with Crippen LogP contribution in [0.2, 0.25) is 0 Å². The van der Waals surface area contributed by atoms with Gasteiger partial charge in [0.2, 0.25) is 0 Å². The molecule has 1 N–H and O–H groups in total. The largest absolute Gasteiger partial charge is 0.311 e. The fourth-order valence-corrected chi connectivity index (χ4v) is 1.51. The van der Waals surface area contributed by atoms with Crippen molar-refractivity contribution in [2.45, 2.75) is 26.9 Å². The van der Waals surface area contributed by atoms with Gasteiger partial charge in [-0.25, -0.2) is 0 Å². The number of hydrogen-bond acceptors (Lipinski definition) is 3. The fraction of sp³-hybridized carbons (Fsp3) is 0.750. The van der Waals surface area contributed by atoms with E-state index in [9.17, 15) is 0 Å². The summed E-state index contributed by atoms with van der Waals surface area (Å²) in [7, 11) is 4.17. The minimum atomic E-state index is 0.648. The molecule has 0 bridgehead atoms. The quantitative estimate of drug-likeness (QED) is 0.706. The van der Waals surface area contributed by atoms with Crippen LogP contribution in [0.25, 0.3) is 0 Å². The maximum absolute atomic E-state index is 4.34. The third-order valence-corrected chi connectivity index (χ3v) is 2.30. The van der Waals surface area contributed by atoms with Crippen LogP contribution in [0.4, 0.5) is 0 Å². The normalized spacial score (nSPS) is 11.6. The van der Waals surface area contributed by atoms with Crippen molar-refractivity contribution in [1.82, 2.24) is 20.0 Å². The van der Waals surface area contributed by atoms with Gasteiger partial charge in [0.25, 0.3) is 0 Å². The zero-order valence-corrected chi connectivity index (χ0v) is 10.9. The number of rotatable bonds is 7. The van der Waals surface area contributed by atoms with E-state index < -0.39 is 0 Å². The van der Waals surface area contributed by atoms with Gasteiger partial charge in [-0.05, 0) is 20.0 Å². The SMILES string of the molecule is CC(C)Cn1cc(CNCCN(C)C)cn1. The standard InChI is InChI=1S/C12H24N4/c1-11(2)9-16-10-12(8-14-16)7-13-5-6-15(3)4/h8,10-11,13H,5-7,9H2,1-4H3. The minimum Gasteiger partial charge on any atom is -0.311 e. The van der Waals surface area contributed by atoms with Gasteiger partial charge in [-0.1, -0.05) is 13.8 Å². The lowest BCUT2D eigenvalue weighted by Crippen LogP contribution is -2.26. The average Bonchev–Trinajstić information content (AvgIpc) is 2.59. The predicted octanol–water partition coefficient (Wildman–Crippen LogP) is 1.19. The van der Waals surface area contributed by atoms with E-state index in [-0.39, 0.29) is 0 Å². The molecule has 1 aromatic rings. The van der Waals surface area contributed by atoms with E-state index >= 15 is 0 Å². The van der Waals surface area contributed by atoms with E-state index in [2.05, 4.69) is 49.5 Å². The maximum atomic E-state index is 4.34. The lowest BCUT2D eigenvalue weighted by molar-refractivity contribution is 0.400. The van der Waals surface area contributed by atoms with Crippen LogP contribution in [-0.2, 0) is 13.1 Å². The van der Waals surface area contributed by atoms with Crippen LogP contribution in [0.1, 0.15) is 19.4 Å². The molecule has 1 heterocycles. The molecule has 4 heteroatoms. The number of likely N-dealkylation sites (N-methyl/N-ethyl adjacent to an activating group) is 1. The summed E-state index contributed by atoms with van der Waals surface area (Å²) in [5.41, 5.74) is 1.26. The molecule has 4 nitrogen and oxygen atoms in total. The summed E-state index contributed by atoms with van der Waals surface area (Å²) in [5, 5.41) is 7.74. The lowest BCUT2D eigenvalue weighted by Gasteiger charge is -2.09. The maximum Gasteiger partial charge on any atom is 0.0534 e. The highest BCUT2D eigenvalue weighted by molar-refractivity contribution is 5.03. The van der Waals surface area contributed by atoms with Crippen LogP contribution in [-0.4, -0.2) is 41.9 Å². The monoisotopic (exact) mass is 224 g/mol. The van der Waals surface area contributed by atoms with Crippen LogP contribution in [0, 0.1) is 5.92 Å². The topological polar surface area (TPSA) is 33.1 Å². The highest BCUT2D eigenvalue weighted by atomic mass is 15.3. The lowest BCUT2D eigenvalue weighted by atomic mass is 10.2. The Kier molecular flexibility index (Phi) is 5.49. The molecule has 0 fully saturated rings. The molecule has 0 spiro atoms. The number of aromatic nitrogens is 2. The molecule has 0 aromatic carbocycles. The molecule has 0 saturated heterocycles. The van der Waals surface area contributed by atoms with Crippen LogP contribution in [0.15, 0.2) is 12.4 Å². The van der Waals surface area contributed by atoms with Crippen LogP contribution in [0.3, 0.4) is 0 Å². The molecule has 0 saturated carbocycles. The molecule has 0 aliphatic heterocycles. The Morgan fingerprint density at radius 3 is 2.81 bits per heavy atom. The first-order chi connectivity index (χ1) is 7.58. The van der Waals surface area contributed by atoms with Crippen LogP contribution < -0.4 is 5.32 Å². The van der Waals surface area contributed by atoms with Gasteiger partial charge in [0.1, 0.15) is 0 Å². The summed E-state index contributed by atoms with van der Waals surface area (Å²) < 4.78 is 2.02. The van der Waals surface area contributed by atoms with Crippen molar-refractivity contribution in [1.29, 1.82) is 0 Å². The highest BCUT2D eigenvalue weighted by Gasteiger charge is 2.00. The van der Waals surface area contributed by atoms with E-state index in [1.165, 1.54) is 5.56 Å². The molecule has 0 aliphatic rings. The predicted molar refractivity (Wildman–Crippen MR) is 67.3 cm³/mol. The van der Waals surface area contributed by atoms with Crippen molar-refractivity contribution in [3.8, 4) is 0 Å². The molecule has 0 aliphatic carbocycles. The Bertz CT molecular complexity index is 291. The van der Waals surface area contributed by atoms with Crippen molar-refractivity contribution in [3.05, 3.63) is 18.0 Å². The van der Waals surface area contributed by atoms with Gasteiger partial charge in [0, 0.05) is 37.9 Å². The van der Waals surface area contributed by atoms with E-state index in [1.54, 1.807) is 0 Å². The van der Waals surface area contributed by atoms with Gasteiger partial charge in [0.05, 0.1) is 6.20 Å². The zero-order valence-electron chi connectivity index (χ0n) is 10.9. The summed E-state index contributed by atoms with van der Waals surface area (Å²) in [4.78, 5) is 2.18. The Morgan fingerprint density at radius 1 is 1.44 bits per heavy atom. The molecule has 1 aromatic heterocycles. The summed E-state index contributed by atoms with van der Waals surface area (Å²) >= 11 is 0. The van der Waals surface area contributed by atoms with Gasteiger partial charge in [0.15, 0.2) is 0 Å². The fourth-order valence-electron chi connectivity index (χ4n) is 1.51. The zero-order chi connectivity index (χ0) is 12.0. The molecular formula is C12H24N4. The molecule has 0 amide bonds. The van der Waals surface area contributed by atoms with Crippen molar-refractivity contribution in [2.24, 2.45) is 5.92 Å². The third-order valence-electron chi connectivity index (χ3n) is 2.30. The number of nitrogens with zero attached hydrogens (tertiary/aromatic N) is 3. The highest BCUT2D eigenvalue weighted by Crippen LogP contribution is 2.01. The first-order valence-corrected chi connectivity index (χ1v) is 5.94. The summed E-state index contributed by atoms with van der Waals surface area (Å²) in [5.74, 6) is 0.648. The van der Waals surface area contributed by atoms with Crippen molar-refractivity contribution < 1.29 is 0 Å². The minimum absolute atomic E-state index is 0.648. The third kappa shape index (κ3) is 5.28. The molecular weight excluding hydrogens is 200 g/mol. The summed E-state index contributed by atoms with van der Waals surface area (Å²) in [6, 6.07) is 0. The Balaban J connectivity index is 2.24. The Labute approximate surface area is 98.6 Å². The molecule has 16 heavy (non-hydrogen) atoms. The van der Waals surface area contributed by atoms with Crippen molar-refractivity contribution >= 4 is 0 Å². The van der Waals surface area contributed by atoms with E-state index in [4.69, 9.17) is 0 Å². The summed E-state index contributed by atoms with van der Waals surface area (Å²) in [6.07, 6.45) is 4.08. The molecule has 92 valence electrons. The van der Waals surface area contributed by atoms with Crippen LogP contribution >= 0.6 is 0 Å². The van der Waals surface area contributed by atoms with Gasteiger partial charge in [-0.2, -0.15) is 5.10 Å². The van der Waals surface area contributed by atoms with Crippen molar-refractivity contribution in [2.75, 3.05) is 27.2 Å². The van der Waals surface area contributed by atoms with Gasteiger partial charge in [-0.3, -0.25) is 4.68 Å². The van der Waals surface area contributed by atoms with E-state index in [0.29, 0.717) is 5.92 Å². The van der Waals surface area contributed by atoms with Crippen LogP contribution in [0.5, 0.6) is 0 Å².